The van der Waals surface area contributed by atoms with Gasteiger partial charge in [0.2, 0.25) is 5.69 Å². The van der Waals surface area contributed by atoms with Crippen molar-refractivity contribution in [3.05, 3.63) is 304 Å². The Morgan fingerprint density at radius 2 is 0.620 bits per heavy atom. The van der Waals surface area contributed by atoms with E-state index in [1.165, 1.54) is 0 Å². The van der Waals surface area contributed by atoms with Gasteiger partial charge in [-0.15, -0.1) is 0 Å². The summed E-state index contributed by atoms with van der Waals surface area (Å²) in [5.41, 5.74) is 15.9. The van der Waals surface area contributed by atoms with Gasteiger partial charge >= 0.3 is 0 Å². The van der Waals surface area contributed by atoms with Crippen molar-refractivity contribution in [3.63, 3.8) is 0 Å². The summed E-state index contributed by atoms with van der Waals surface area (Å²) >= 11 is 0. The van der Waals surface area contributed by atoms with Gasteiger partial charge in [0.25, 0.3) is 0 Å². The second kappa shape index (κ2) is 22.7. The summed E-state index contributed by atoms with van der Waals surface area (Å²) in [5, 5.41) is 43.5. The van der Waals surface area contributed by atoms with Crippen LogP contribution in [0.25, 0.3) is 158 Å². The molecule has 0 radical (unpaired) electrons. The Labute approximate surface area is 527 Å². The predicted molar refractivity (Wildman–Crippen MR) is 359 cm³/mol. The van der Waals surface area contributed by atoms with Crippen molar-refractivity contribution < 1.29 is 0 Å². The highest BCUT2D eigenvalue weighted by atomic mass is 15.0. The lowest BCUT2D eigenvalue weighted by atomic mass is 9.98. The van der Waals surface area contributed by atoms with Crippen molar-refractivity contribution in [3.8, 4) is 114 Å². The maximum atomic E-state index is 10.1. The summed E-state index contributed by atoms with van der Waals surface area (Å²) in [7, 11) is 0. The van der Waals surface area contributed by atoms with E-state index in [1.807, 2.05) is 152 Å². The van der Waals surface area contributed by atoms with Gasteiger partial charge in [0.15, 0.2) is 28.6 Å². The molecule has 0 amide bonds. The van der Waals surface area contributed by atoms with Crippen molar-refractivity contribution in [1.29, 1.82) is 21.0 Å². The van der Waals surface area contributed by atoms with Crippen LogP contribution in [0.5, 0.6) is 0 Å². The highest BCUT2D eigenvalue weighted by Crippen LogP contribution is 2.47. The molecule has 11 aromatic carbocycles. The number of fused-ring (bicyclic) bond motifs is 6. The fourth-order valence-electron chi connectivity index (χ4n) is 12.2. The van der Waals surface area contributed by atoms with E-state index < -0.39 is 0 Å². The number of hydrogen-bond acceptors (Lipinski definition) is 6. The van der Waals surface area contributed by atoms with Crippen molar-refractivity contribution >= 4 is 72.0 Å². The predicted octanol–water partition coefficient (Wildman–Crippen LogP) is 20.6. The molecule has 0 N–H and O–H groups in total. The van der Waals surface area contributed by atoms with Crippen LogP contribution < -0.4 is 0 Å². The zero-order valence-corrected chi connectivity index (χ0v) is 48.2. The van der Waals surface area contributed by atoms with Crippen LogP contribution >= 0.6 is 0 Å². The largest absolute Gasteiger partial charge is 0.319 e. The van der Waals surface area contributed by atoms with E-state index in [0.29, 0.717) is 112 Å². The summed E-state index contributed by atoms with van der Waals surface area (Å²) in [4.78, 5) is 30.0. The molecule has 0 saturated heterocycles. The minimum Gasteiger partial charge on any atom is -0.319 e. The number of aromatic nitrogens is 4. The zero-order valence-electron chi connectivity index (χ0n) is 48.2. The second-order valence-electron chi connectivity index (χ2n) is 21.7. The lowest BCUT2D eigenvalue weighted by molar-refractivity contribution is 1.12. The van der Waals surface area contributed by atoms with Crippen molar-refractivity contribution in [1.82, 2.24) is 19.1 Å². The smallest absolute Gasteiger partial charge is 0.212 e. The first-order valence-electron chi connectivity index (χ1n) is 28.6. The average molecular weight is 1170 g/mol. The molecule has 14 rings (SSSR count). The topological polar surface area (TPSA) is 153 Å². The molecule has 0 atom stereocenters. The first-order valence-corrected chi connectivity index (χ1v) is 28.6. The van der Waals surface area contributed by atoms with Crippen molar-refractivity contribution in [2.24, 2.45) is 0 Å². The van der Waals surface area contributed by atoms with Gasteiger partial charge in [-0.2, -0.15) is 21.0 Å². The number of nitriles is 4. The minimum absolute atomic E-state index is 0.258. The molecule has 3 aromatic heterocycles. The van der Waals surface area contributed by atoms with Crippen LogP contribution in [0.3, 0.4) is 0 Å². The highest BCUT2D eigenvalue weighted by Gasteiger charge is 2.26. The van der Waals surface area contributed by atoms with Gasteiger partial charge in [0, 0.05) is 66.2 Å². The fourth-order valence-corrected chi connectivity index (χ4v) is 12.2. The van der Waals surface area contributed by atoms with Crippen molar-refractivity contribution in [2.75, 3.05) is 0 Å². The van der Waals surface area contributed by atoms with E-state index >= 15 is 0 Å². The van der Waals surface area contributed by atoms with Crippen LogP contribution in [0.1, 0.15) is 22.3 Å². The number of nitrogens with zero attached hydrogens (tertiary/aromatic N) is 13. The minimum atomic E-state index is 0.258. The third-order valence-corrected chi connectivity index (χ3v) is 16.4. The molecule has 0 saturated carbocycles. The SMILES string of the molecule is [C-]#[N+]c1cc(C#N)cc(-c2ccc3c(c2)c2cc(-c4cc(C#N)cc([N+]#[C-])c4)ccc2n3-c2cc(-c3nc(-c4ccccc4)cc(-c4ccccc4)n3)c(-n3c4ccc(-c5cc(C#N)cc([N+]#[C-])c5)cc4c4cc(-c5cc(C#N)cc([N+]#[C-])c5)ccc43)cc2[N+]#[C-])c1. The Kier molecular flexibility index (Phi) is 13.7. The second-order valence-corrected chi connectivity index (χ2v) is 21.7. The molecule has 13 heteroatoms. The quantitative estimate of drug-likeness (QED) is 0.131. The maximum Gasteiger partial charge on any atom is 0.212 e. The van der Waals surface area contributed by atoms with E-state index in [-0.39, 0.29) is 5.69 Å². The van der Waals surface area contributed by atoms with Crippen LogP contribution in [0.2, 0.25) is 0 Å². The van der Waals surface area contributed by atoms with Crippen LogP contribution in [-0.4, -0.2) is 19.1 Å². The van der Waals surface area contributed by atoms with E-state index in [4.69, 9.17) is 36.3 Å². The van der Waals surface area contributed by atoms with Gasteiger partial charge in [-0.1, -0.05) is 84.9 Å². The Hall–Kier alpha value is -14.5. The van der Waals surface area contributed by atoms with Gasteiger partial charge < -0.3 is 9.13 Å². The Morgan fingerprint density at radius 1 is 0.293 bits per heavy atom. The molecule has 13 nitrogen and oxygen atoms in total. The van der Waals surface area contributed by atoms with Gasteiger partial charge in [-0.05, 0) is 184 Å². The summed E-state index contributed by atoms with van der Waals surface area (Å²) in [6.07, 6.45) is 0. The van der Waals surface area contributed by atoms with E-state index in [1.54, 1.807) is 72.8 Å². The number of benzene rings is 11. The Balaban J connectivity index is 1.10. The van der Waals surface area contributed by atoms with Gasteiger partial charge in [-0.25, -0.2) is 34.2 Å². The molecule has 14 aromatic rings. The molecule has 0 bridgehead atoms. The first-order chi connectivity index (χ1) is 45.1. The highest BCUT2D eigenvalue weighted by molar-refractivity contribution is 6.14. The fraction of sp³-hybridized carbons (Fsp3) is 0. The molecule has 0 aliphatic rings. The number of hydrogen-bond donors (Lipinski definition) is 0. The summed E-state index contributed by atoms with van der Waals surface area (Å²) < 4.78 is 4.15. The summed E-state index contributed by atoms with van der Waals surface area (Å²) in [6.45, 7) is 40.8. The van der Waals surface area contributed by atoms with E-state index in [9.17, 15) is 27.6 Å². The number of rotatable bonds is 9. The molecule has 3 heterocycles. The van der Waals surface area contributed by atoms with Gasteiger partial charge in [0.05, 0.1) is 96.3 Å². The molecule has 0 fully saturated rings. The molecule has 92 heavy (non-hydrogen) atoms. The third kappa shape index (κ3) is 9.74. The van der Waals surface area contributed by atoms with Crippen LogP contribution in [-0.2, 0) is 0 Å². The standard InChI is InChI=1S/C79H37N13/c1-84-61-28-47(43-80)24-57(32-61)53-16-20-73-65(36-53)66-37-54(58-25-48(44-81)29-62(33-58)85-2)17-21-74(66)91(73)77-42-72(88-5)78(40-69(77)79-89-70(51-12-8-6-9-13-51)41-71(90-79)52-14-10-7-11-15-52)92-75-22-18-55(59-26-49(45-82)30-63(34-59)86-3)38-67(75)68-39-56(19-23-76(68)92)60-27-50(46-83)31-64(35-60)87-4/h6-42H. The Bertz CT molecular complexity index is 5490. The lowest BCUT2D eigenvalue weighted by Crippen LogP contribution is -2.04. The average Bonchev–Trinajstić information content (AvgIpc) is 1.57. The molecule has 0 aliphatic carbocycles. The maximum absolute atomic E-state index is 10.1. The summed E-state index contributed by atoms with van der Waals surface area (Å²) in [5.74, 6) is 0.340. The van der Waals surface area contributed by atoms with Crippen LogP contribution in [0.4, 0.5) is 28.4 Å². The van der Waals surface area contributed by atoms with Gasteiger partial charge in [0.1, 0.15) is 0 Å². The molecule has 0 unspecified atom stereocenters. The summed E-state index contributed by atoms with van der Waals surface area (Å²) in [6, 6.07) is 78.4. The van der Waals surface area contributed by atoms with Crippen molar-refractivity contribution in [2.45, 2.75) is 0 Å². The van der Waals surface area contributed by atoms with Crippen LogP contribution in [0, 0.1) is 78.2 Å². The third-order valence-electron chi connectivity index (χ3n) is 16.4. The molecule has 418 valence electrons. The zero-order chi connectivity index (χ0) is 63.1. The monoisotopic (exact) mass is 1170 g/mol. The lowest BCUT2D eigenvalue weighted by Gasteiger charge is -2.19. The van der Waals surface area contributed by atoms with E-state index in [2.05, 4.69) is 57.6 Å². The van der Waals surface area contributed by atoms with Crippen LogP contribution in [0.15, 0.2) is 224 Å². The molecule has 0 spiro atoms. The van der Waals surface area contributed by atoms with E-state index in [0.717, 1.165) is 66.0 Å². The first kappa shape index (κ1) is 55.4. The molecular formula is C79H37N13. The Morgan fingerprint density at radius 3 is 0.924 bits per heavy atom. The normalized spacial score (nSPS) is 10.7. The molecule has 0 aliphatic heterocycles. The molecular weight excluding hydrogens is 1130 g/mol. The van der Waals surface area contributed by atoms with Gasteiger partial charge in [-0.3, -0.25) is 0 Å².